The van der Waals surface area contributed by atoms with Crippen molar-refractivity contribution >= 4 is 11.7 Å². The van der Waals surface area contributed by atoms with E-state index in [1.165, 1.54) is 0 Å². The van der Waals surface area contributed by atoms with Crippen LogP contribution in [0.3, 0.4) is 0 Å². The number of nitrogens with two attached hydrogens (primary N) is 2. The number of nitrogens with zero attached hydrogens (tertiary/aromatic N) is 1. The van der Waals surface area contributed by atoms with Crippen molar-refractivity contribution in [2.24, 2.45) is 16.5 Å². The fraction of sp³-hybridized carbons (Fsp3) is 0.600. The Hall–Kier alpha value is -1.11. The smallest absolute Gasteiger partial charge is 0.387 e. The molecule has 0 aliphatic rings. The van der Waals surface area contributed by atoms with Gasteiger partial charge in [-0.05, 0) is 6.54 Å². The predicted octanol–water partition coefficient (Wildman–Crippen LogP) is -0.219. The van der Waals surface area contributed by atoms with Gasteiger partial charge in [-0.25, -0.2) is 0 Å². The highest BCUT2D eigenvalue weighted by Crippen LogP contribution is 2.16. The highest BCUT2D eigenvalue weighted by atomic mass is 19.4. The summed E-state index contributed by atoms with van der Waals surface area (Å²) >= 11 is 0. The zero-order chi connectivity index (χ0) is 9.78. The molecule has 0 aromatic rings. The summed E-state index contributed by atoms with van der Waals surface area (Å²) in [6.07, 6.45) is -4.99. The van der Waals surface area contributed by atoms with E-state index in [9.17, 15) is 18.0 Å². The molecule has 0 bridgehead atoms. The van der Waals surface area contributed by atoms with E-state index in [2.05, 4.69) is 4.99 Å². The zero-order valence-electron chi connectivity index (χ0n) is 6.06. The van der Waals surface area contributed by atoms with Crippen molar-refractivity contribution in [3.63, 3.8) is 0 Å². The second-order valence-electron chi connectivity index (χ2n) is 1.94. The zero-order valence-corrected chi connectivity index (χ0v) is 6.06. The maximum absolute atomic E-state index is 11.5. The largest absolute Gasteiger partial charge is 0.473 e. The van der Waals surface area contributed by atoms with Gasteiger partial charge in [0.25, 0.3) is 0 Å². The highest BCUT2D eigenvalue weighted by Gasteiger charge is 2.38. The fourth-order valence-electron chi connectivity index (χ4n) is 0.398. The summed E-state index contributed by atoms with van der Waals surface area (Å²) in [5, 5.41) is 0. The van der Waals surface area contributed by atoms with E-state index >= 15 is 0 Å². The highest BCUT2D eigenvalue weighted by molar-refractivity contribution is 5.95. The summed E-state index contributed by atoms with van der Waals surface area (Å²) in [5.74, 6) is -2.60. The monoisotopic (exact) mass is 183 g/mol. The van der Waals surface area contributed by atoms with Crippen LogP contribution in [0.1, 0.15) is 6.42 Å². The van der Waals surface area contributed by atoms with Gasteiger partial charge >= 0.3 is 12.1 Å². The quantitative estimate of drug-likeness (QED) is 0.458. The number of alkyl halides is 3. The number of carbonyl (C=O) groups excluding carboxylic acids is 1. The van der Waals surface area contributed by atoms with Gasteiger partial charge in [-0.3, -0.25) is 4.79 Å². The maximum atomic E-state index is 11.5. The number of hydrogen-bond acceptors (Lipinski definition) is 2. The Kier molecular flexibility index (Phi) is 3.68. The molecule has 0 unspecified atom stereocenters. The lowest BCUT2D eigenvalue weighted by Crippen LogP contribution is -2.25. The van der Waals surface area contributed by atoms with Gasteiger partial charge in [0.2, 0.25) is 0 Å². The molecule has 12 heavy (non-hydrogen) atoms. The molecular weight excluding hydrogens is 175 g/mol. The van der Waals surface area contributed by atoms with Crippen LogP contribution in [0, 0.1) is 0 Å². The molecule has 0 fully saturated rings. The molecule has 4 nitrogen and oxygen atoms in total. The lowest BCUT2D eigenvalue weighted by Gasteiger charge is -2.00. The second kappa shape index (κ2) is 4.05. The molecule has 0 aromatic carbocycles. The lowest BCUT2D eigenvalue weighted by atomic mass is 10.4. The lowest BCUT2D eigenvalue weighted by molar-refractivity contribution is -0.169. The predicted molar refractivity (Wildman–Crippen MR) is 36.4 cm³/mol. The number of amides is 1. The topological polar surface area (TPSA) is 81.5 Å². The molecule has 0 aromatic heterocycles. The van der Waals surface area contributed by atoms with Gasteiger partial charge in [-0.1, -0.05) is 0 Å². The Morgan fingerprint density at radius 1 is 1.42 bits per heavy atom. The molecule has 0 spiro atoms. The molecule has 4 N–H and O–H groups in total. The molecule has 1 amide bonds. The fourth-order valence-corrected chi connectivity index (χ4v) is 0.398. The van der Waals surface area contributed by atoms with Crippen LogP contribution < -0.4 is 11.5 Å². The Morgan fingerprint density at radius 3 is 2.25 bits per heavy atom. The van der Waals surface area contributed by atoms with Gasteiger partial charge in [-0.15, -0.1) is 0 Å². The molecule has 70 valence electrons. The minimum atomic E-state index is -4.96. The Labute approximate surface area is 66.4 Å². The van der Waals surface area contributed by atoms with Crippen LogP contribution in [0.15, 0.2) is 4.99 Å². The molecule has 0 saturated heterocycles. The first-order chi connectivity index (χ1) is 5.38. The van der Waals surface area contributed by atoms with E-state index in [0.717, 1.165) is 0 Å². The summed E-state index contributed by atoms with van der Waals surface area (Å²) in [5.41, 5.74) is 9.89. The van der Waals surface area contributed by atoms with Crippen molar-refractivity contribution in [3.05, 3.63) is 0 Å². The summed E-state index contributed by atoms with van der Waals surface area (Å²) in [4.78, 5) is 12.7. The minimum Gasteiger partial charge on any atom is -0.387 e. The standard InChI is InChI=1S/C5H8F3N3O/c6-5(7,8)4(12)11-3(10)1-2-9/h1-2,9H2,(H2,10,11,12). The van der Waals surface area contributed by atoms with Gasteiger partial charge in [0, 0.05) is 6.42 Å². The summed E-state index contributed by atoms with van der Waals surface area (Å²) < 4.78 is 34.5. The van der Waals surface area contributed by atoms with E-state index in [1.54, 1.807) is 0 Å². The van der Waals surface area contributed by atoms with E-state index in [0.29, 0.717) is 0 Å². The van der Waals surface area contributed by atoms with Gasteiger partial charge < -0.3 is 11.5 Å². The first-order valence-electron chi connectivity index (χ1n) is 3.02. The SMILES string of the molecule is NCCC(N)=NC(=O)C(F)(F)F. The number of halogens is 3. The third kappa shape index (κ3) is 3.91. The molecule has 0 rings (SSSR count). The van der Waals surface area contributed by atoms with E-state index in [4.69, 9.17) is 11.5 Å². The first kappa shape index (κ1) is 10.9. The molecule has 0 atom stereocenters. The van der Waals surface area contributed by atoms with E-state index in [-0.39, 0.29) is 13.0 Å². The Balaban J connectivity index is 4.24. The van der Waals surface area contributed by atoms with Crippen molar-refractivity contribution in [2.75, 3.05) is 6.54 Å². The van der Waals surface area contributed by atoms with Crippen LogP contribution in [-0.4, -0.2) is 24.5 Å². The summed E-state index contributed by atoms with van der Waals surface area (Å²) in [6.45, 7) is 0.0560. The van der Waals surface area contributed by atoms with Gasteiger partial charge in [0.1, 0.15) is 5.84 Å². The first-order valence-corrected chi connectivity index (χ1v) is 3.02. The van der Waals surface area contributed by atoms with Crippen LogP contribution in [0.2, 0.25) is 0 Å². The number of amidine groups is 1. The van der Waals surface area contributed by atoms with Gasteiger partial charge in [0.15, 0.2) is 0 Å². The van der Waals surface area contributed by atoms with Crippen LogP contribution >= 0.6 is 0 Å². The maximum Gasteiger partial charge on any atom is 0.473 e. The van der Waals surface area contributed by atoms with Crippen LogP contribution in [0.5, 0.6) is 0 Å². The molecule has 0 radical (unpaired) electrons. The Bertz CT molecular complexity index is 199. The second-order valence-corrected chi connectivity index (χ2v) is 1.94. The van der Waals surface area contributed by atoms with Crippen molar-refractivity contribution in [1.29, 1.82) is 0 Å². The van der Waals surface area contributed by atoms with Crippen molar-refractivity contribution in [3.8, 4) is 0 Å². The number of hydrogen-bond donors (Lipinski definition) is 2. The average Bonchev–Trinajstić information content (AvgIpc) is 1.85. The molecular formula is C5H8F3N3O. The molecule has 0 aliphatic carbocycles. The Morgan fingerprint density at radius 2 is 1.92 bits per heavy atom. The van der Waals surface area contributed by atoms with Gasteiger partial charge in [0.05, 0.1) is 0 Å². The molecule has 0 heterocycles. The molecule has 0 aliphatic heterocycles. The molecule has 0 saturated carbocycles. The third-order valence-corrected chi connectivity index (χ3v) is 0.888. The van der Waals surface area contributed by atoms with Crippen LogP contribution in [0.25, 0.3) is 0 Å². The number of carbonyl (C=O) groups is 1. The van der Waals surface area contributed by atoms with E-state index in [1.807, 2.05) is 0 Å². The van der Waals surface area contributed by atoms with Crippen molar-refractivity contribution in [2.45, 2.75) is 12.6 Å². The van der Waals surface area contributed by atoms with Crippen molar-refractivity contribution in [1.82, 2.24) is 0 Å². The third-order valence-electron chi connectivity index (χ3n) is 0.888. The van der Waals surface area contributed by atoms with Crippen LogP contribution in [0.4, 0.5) is 13.2 Å². The normalized spacial score (nSPS) is 13.2. The average molecular weight is 183 g/mol. The summed E-state index contributed by atoms with van der Waals surface area (Å²) in [6, 6.07) is 0. The number of rotatable bonds is 2. The molecule has 7 heteroatoms. The minimum absolute atomic E-state index is 0.0260. The van der Waals surface area contributed by atoms with Crippen LogP contribution in [-0.2, 0) is 4.79 Å². The van der Waals surface area contributed by atoms with E-state index < -0.39 is 17.9 Å². The summed E-state index contributed by atoms with van der Waals surface area (Å²) in [7, 11) is 0. The van der Waals surface area contributed by atoms with Crippen molar-refractivity contribution < 1.29 is 18.0 Å². The van der Waals surface area contributed by atoms with Gasteiger partial charge in [-0.2, -0.15) is 18.2 Å². The number of aliphatic imine (C=N–C) groups is 1.